The first-order valence-electron chi connectivity index (χ1n) is 6.53. The average molecular weight is 436 g/mol. The monoisotopic (exact) mass is 435 g/mol. The Morgan fingerprint density at radius 1 is 1.42 bits per heavy atom. The Bertz CT molecular complexity index is 495. The summed E-state index contributed by atoms with van der Waals surface area (Å²) >= 11 is 5.67. The van der Waals surface area contributed by atoms with Crippen molar-refractivity contribution in [1.82, 2.24) is 4.90 Å². The molecule has 1 fully saturated rings. The van der Waals surface area contributed by atoms with Gasteiger partial charge in [0.05, 0.1) is 5.56 Å². The topological polar surface area (TPSA) is 20.3 Å². The van der Waals surface area contributed by atoms with Crippen LogP contribution in [0.5, 0.6) is 0 Å². The lowest BCUT2D eigenvalue weighted by Gasteiger charge is -2.27. The van der Waals surface area contributed by atoms with E-state index in [2.05, 4.69) is 59.3 Å². The summed E-state index contributed by atoms with van der Waals surface area (Å²) in [5.41, 5.74) is 1.09. The maximum Gasteiger partial charge on any atom is 0.254 e. The Morgan fingerprint density at radius 2 is 2.11 bits per heavy atom. The zero-order valence-corrected chi connectivity index (χ0v) is 15.3. The number of halogens is 2. The third-order valence-electron chi connectivity index (χ3n) is 3.86. The summed E-state index contributed by atoms with van der Waals surface area (Å²) in [5.74, 6) is 0.763. The molecule has 1 aromatic rings. The number of hydrogen-bond donors (Lipinski definition) is 0. The molecule has 1 atom stereocenters. The molecule has 2 nitrogen and oxygen atoms in total. The average Bonchev–Trinajstić information content (AvgIpc) is 2.80. The molecule has 1 unspecified atom stereocenters. The number of likely N-dealkylation sites (tertiary alicyclic amines) is 1. The molecule has 1 aliphatic heterocycles. The number of rotatable bonds is 1. The zero-order chi connectivity index (χ0) is 14.2. The number of hydrogen-bond acceptors (Lipinski definition) is 1. The van der Waals surface area contributed by atoms with Crippen LogP contribution in [0.2, 0.25) is 0 Å². The Hall–Kier alpha value is -0.100. The van der Waals surface area contributed by atoms with Gasteiger partial charge in [-0.05, 0) is 58.5 Å². The maximum absolute atomic E-state index is 12.6. The Labute approximate surface area is 137 Å². The molecule has 1 saturated heterocycles. The number of amides is 1. The molecule has 19 heavy (non-hydrogen) atoms. The number of nitrogens with zero attached hydrogens (tertiary/aromatic N) is 1. The van der Waals surface area contributed by atoms with Crippen molar-refractivity contribution in [1.29, 1.82) is 0 Å². The lowest BCUT2D eigenvalue weighted by Crippen LogP contribution is -2.31. The summed E-state index contributed by atoms with van der Waals surface area (Å²) < 4.78 is 1.98. The van der Waals surface area contributed by atoms with Crippen molar-refractivity contribution in [3.8, 4) is 0 Å². The van der Waals surface area contributed by atoms with Crippen molar-refractivity contribution < 1.29 is 4.79 Å². The van der Waals surface area contributed by atoms with Crippen molar-refractivity contribution >= 4 is 44.4 Å². The van der Waals surface area contributed by atoms with E-state index in [1.165, 1.54) is 0 Å². The van der Waals surface area contributed by atoms with Gasteiger partial charge in [0.2, 0.25) is 0 Å². The first-order chi connectivity index (χ1) is 8.79. The van der Waals surface area contributed by atoms with Crippen molar-refractivity contribution in [2.45, 2.75) is 27.2 Å². The second-order valence-corrected chi connectivity index (χ2v) is 8.30. The van der Waals surface area contributed by atoms with Gasteiger partial charge in [-0.1, -0.05) is 36.7 Å². The van der Waals surface area contributed by atoms with E-state index in [0.29, 0.717) is 5.92 Å². The second kappa shape index (κ2) is 5.72. The fourth-order valence-corrected chi connectivity index (χ4v) is 3.41. The highest BCUT2D eigenvalue weighted by molar-refractivity contribution is 14.1. The number of carbonyl (C=O) groups is 1. The third kappa shape index (κ3) is 3.51. The van der Waals surface area contributed by atoms with Gasteiger partial charge in [-0.15, -0.1) is 0 Å². The van der Waals surface area contributed by atoms with E-state index in [4.69, 9.17) is 0 Å². The first kappa shape index (κ1) is 15.3. The van der Waals surface area contributed by atoms with Crippen molar-refractivity contribution in [2.75, 3.05) is 13.1 Å². The molecule has 0 saturated carbocycles. The van der Waals surface area contributed by atoms with E-state index < -0.39 is 0 Å². The molecular weight excluding hydrogens is 417 g/mol. The normalized spacial score (nSPS) is 19.8. The molecule has 0 radical (unpaired) electrons. The van der Waals surface area contributed by atoms with Crippen molar-refractivity contribution in [3.63, 3.8) is 0 Å². The minimum Gasteiger partial charge on any atom is -0.338 e. The zero-order valence-electron chi connectivity index (χ0n) is 11.5. The predicted octanol–water partition coefficient (Wildman–Crippen LogP) is 4.56. The van der Waals surface area contributed by atoms with E-state index in [9.17, 15) is 4.79 Å². The lowest BCUT2D eigenvalue weighted by atomic mass is 9.80. The van der Waals surface area contributed by atoms with Crippen LogP contribution in [0.25, 0.3) is 0 Å². The lowest BCUT2D eigenvalue weighted by molar-refractivity contribution is 0.0775. The molecule has 1 aliphatic rings. The fraction of sp³-hybridized carbons (Fsp3) is 0.533. The standard InChI is InChI=1S/C15H19BrINO/c1-15(2,3)10-6-7-18(9-10)14(19)12-8-11(16)4-5-13(12)17/h4-5,8,10H,6-7,9H2,1-3H3. The van der Waals surface area contributed by atoms with Gasteiger partial charge in [0.1, 0.15) is 0 Å². The predicted molar refractivity (Wildman–Crippen MR) is 90.3 cm³/mol. The van der Waals surface area contributed by atoms with E-state index >= 15 is 0 Å². The Balaban J connectivity index is 2.16. The smallest absolute Gasteiger partial charge is 0.254 e. The summed E-state index contributed by atoms with van der Waals surface area (Å²) in [5, 5.41) is 0. The number of benzene rings is 1. The quantitative estimate of drug-likeness (QED) is 0.592. The largest absolute Gasteiger partial charge is 0.338 e. The molecule has 0 spiro atoms. The molecule has 0 N–H and O–H groups in total. The minimum absolute atomic E-state index is 0.164. The summed E-state index contributed by atoms with van der Waals surface area (Å²) in [4.78, 5) is 14.6. The highest BCUT2D eigenvalue weighted by Crippen LogP contribution is 2.34. The van der Waals surface area contributed by atoms with Crippen molar-refractivity contribution in [3.05, 3.63) is 31.8 Å². The van der Waals surface area contributed by atoms with Gasteiger partial charge in [0.25, 0.3) is 5.91 Å². The van der Waals surface area contributed by atoms with Gasteiger partial charge in [-0.3, -0.25) is 4.79 Å². The van der Waals surface area contributed by atoms with Gasteiger partial charge in [-0.25, -0.2) is 0 Å². The van der Waals surface area contributed by atoms with Gasteiger partial charge >= 0.3 is 0 Å². The van der Waals surface area contributed by atoms with Gasteiger partial charge in [-0.2, -0.15) is 0 Å². The van der Waals surface area contributed by atoms with E-state index in [1.807, 2.05) is 23.1 Å². The Kier molecular flexibility index (Phi) is 4.60. The van der Waals surface area contributed by atoms with E-state index in [1.54, 1.807) is 0 Å². The second-order valence-electron chi connectivity index (χ2n) is 6.23. The van der Waals surface area contributed by atoms with E-state index in [-0.39, 0.29) is 11.3 Å². The van der Waals surface area contributed by atoms with E-state index in [0.717, 1.165) is 33.1 Å². The third-order valence-corrected chi connectivity index (χ3v) is 5.29. The van der Waals surface area contributed by atoms with Crippen LogP contribution in [0, 0.1) is 14.9 Å². The van der Waals surface area contributed by atoms with Crippen LogP contribution in [0.1, 0.15) is 37.6 Å². The molecule has 1 heterocycles. The summed E-state index contributed by atoms with van der Waals surface area (Å²) in [6.45, 7) is 8.53. The molecule has 0 aromatic heterocycles. The van der Waals surface area contributed by atoms with Crippen LogP contribution < -0.4 is 0 Å². The molecule has 0 aliphatic carbocycles. The van der Waals surface area contributed by atoms with Gasteiger partial charge in [0, 0.05) is 21.1 Å². The minimum atomic E-state index is 0.164. The van der Waals surface area contributed by atoms with Gasteiger partial charge in [0.15, 0.2) is 0 Å². The molecule has 1 aromatic carbocycles. The maximum atomic E-state index is 12.6. The molecule has 2 rings (SSSR count). The van der Waals surface area contributed by atoms with Crippen molar-refractivity contribution in [2.24, 2.45) is 11.3 Å². The summed E-state index contributed by atoms with van der Waals surface area (Å²) in [6.07, 6.45) is 1.11. The molecular formula is C15H19BrINO. The highest BCUT2D eigenvalue weighted by Gasteiger charge is 2.34. The molecule has 104 valence electrons. The Morgan fingerprint density at radius 3 is 2.68 bits per heavy atom. The van der Waals surface area contributed by atoms with Crippen LogP contribution >= 0.6 is 38.5 Å². The van der Waals surface area contributed by atoms with Crippen LogP contribution in [0.15, 0.2) is 22.7 Å². The molecule has 0 bridgehead atoms. The van der Waals surface area contributed by atoms with Crippen LogP contribution in [-0.4, -0.2) is 23.9 Å². The molecule has 1 amide bonds. The SMILES string of the molecule is CC(C)(C)C1CCN(C(=O)c2cc(Br)ccc2I)C1. The van der Waals surface area contributed by atoms with Crippen LogP contribution in [0.4, 0.5) is 0 Å². The van der Waals surface area contributed by atoms with Gasteiger partial charge < -0.3 is 4.90 Å². The first-order valence-corrected chi connectivity index (χ1v) is 8.40. The molecule has 4 heteroatoms. The number of carbonyl (C=O) groups excluding carboxylic acids is 1. The van der Waals surface area contributed by atoms with Crippen LogP contribution in [-0.2, 0) is 0 Å². The fourth-order valence-electron chi connectivity index (χ4n) is 2.48. The highest BCUT2D eigenvalue weighted by atomic mass is 127. The van der Waals surface area contributed by atoms with Crippen LogP contribution in [0.3, 0.4) is 0 Å². The summed E-state index contributed by atoms with van der Waals surface area (Å²) in [6, 6.07) is 5.88. The summed E-state index contributed by atoms with van der Waals surface area (Å²) in [7, 11) is 0.